The summed E-state index contributed by atoms with van der Waals surface area (Å²) < 4.78 is 23.7. The molecule has 1 aromatic heterocycles. The van der Waals surface area contributed by atoms with Crippen LogP contribution >= 0.6 is 0 Å². The van der Waals surface area contributed by atoms with E-state index in [4.69, 9.17) is 24.7 Å². The zero-order chi connectivity index (χ0) is 29.8. The summed E-state index contributed by atoms with van der Waals surface area (Å²) in [7, 11) is 1.55. The first kappa shape index (κ1) is 28.5. The topological polar surface area (TPSA) is 122 Å². The predicted octanol–water partition coefficient (Wildman–Crippen LogP) is 6.26. The lowest BCUT2D eigenvalue weighted by atomic mass is 9.97. The zero-order valence-corrected chi connectivity index (χ0v) is 24.1. The highest BCUT2D eigenvalue weighted by atomic mass is 16.6. The number of benzene rings is 3. The maximum Gasteiger partial charge on any atom is 0.323 e. The number of aromatic nitrogens is 1. The van der Waals surface area contributed by atoms with Gasteiger partial charge in [-0.15, -0.1) is 0 Å². The Hall–Kier alpha value is -4.63. The Morgan fingerprint density at radius 3 is 2.47 bits per heavy atom. The molecule has 2 aliphatic carbocycles. The van der Waals surface area contributed by atoms with Crippen molar-refractivity contribution in [3.63, 3.8) is 0 Å². The normalized spacial score (nSPS) is 19.5. The number of nitrogens with one attached hydrogen (secondary N) is 1. The van der Waals surface area contributed by atoms with Gasteiger partial charge in [-0.3, -0.25) is 14.6 Å². The summed E-state index contributed by atoms with van der Waals surface area (Å²) >= 11 is 0. The van der Waals surface area contributed by atoms with Gasteiger partial charge in [0.25, 0.3) is 5.91 Å². The minimum absolute atomic E-state index is 0.183. The molecule has 0 saturated heterocycles. The number of esters is 1. The van der Waals surface area contributed by atoms with Crippen LogP contribution in [0.15, 0.2) is 79.0 Å². The number of fused-ring (bicyclic) bond motifs is 3. The van der Waals surface area contributed by atoms with Gasteiger partial charge in [0.2, 0.25) is 0 Å². The summed E-state index contributed by atoms with van der Waals surface area (Å²) in [6.45, 7) is 0.219. The van der Waals surface area contributed by atoms with Crippen LogP contribution in [-0.2, 0) is 9.53 Å². The van der Waals surface area contributed by atoms with Crippen molar-refractivity contribution in [3.05, 3.63) is 84.6 Å². The highest BCUT2D eigenvalue weighted by Crippen LogP contribution is 2.50. The van der Waals surface area contributed by atoms with Gasteiger partial charge in [-0.1, -0.05) is 18.2 Å². The van der Waals surface area contributed by atoms with E-state index in [-0.39, 0.29) is 24.1 Å². The Morgan fingerprint density at radius 2 is 1.77 bits per heavy atom. The van der Waals surface area contributed by atoms with Gasteiger partial charge in [0.05, 0.1) is 13.7 Å². The van der Waals surface area contributed by atoms with Gasteiger partial charge in [-0.25, -0.2) is 0 Å². The van der Waals surface area contributed by atoms with Gasteiger partial charge in [0.1, 0.15) is 28.7 Å². The Balaban J connectivity index is 1.08. The van der Waals surface area contributed by atoms with Crippen molar-refractivity contribution >= 4 is 28.5 Å². The molecular weight excluding hydrogens is 546 g/mol. The maximum atomic E-state index is 12.7. The molecule has 3 aromatic carbocycles. The van der Waals surface area contributed by atoms with Gasteiger partial charge < -0.3 is 30.0 Å². The van der Waals surface area contributed by atoms with E-state index in [0.29, 0.717) is 52.1 Å². The number of nitrogens with two attached hydrogens (primary N) is 1. The molecule has 2 aliphatic rings. The van der Waals surface area contributed by atoms with Gasteiger partial charge >= 0.3 is 5.97 Å². The van der Waals surface area contributed by atoms with Crippen LogP contribution in [-0.4, -0.2) is 42.2 Å². The number of anilines is 1. The van der Waals surface area contributed by atoms with Crippen molar-refractivity contribution < 1.29 is 28.5 Å². The van der Waals surface area contributed by atoms with Crippen LogP contribution in [0.4, 0.5) is 5.69 Å². The largest absolute Gasteiger partial charge is 0.491 e. The molecule has 0 radical (unpaired) electrons. The molecule has 1 amide bonds. The molecule has 6 rings (SSSR count). The van der Waals surface area contributed by atoms with E-state index in [0.717, 1.165) is 37.5 Å². The highest BCUT2D eigenvalue weighted by Gasteiger charge is 2.48. The molecule has 1 atom stereocenters. The Morgan fingerprint density at radius 1 is 1.00 bits per heavy atom. The Kier molecular flexibility index (Phi) is 8.16. The minimum Gasteiger partial charge on any atom is -0.491 e. The van der Waals surface area contributed by atoms with Crippen molar-refractivity contribution in [2.24, 2.45) is 11.7 Å². The van der Waals surface area contributed by atoms with E-state index in [1.54, 1.807) is 61.8 Å². The third-order valence-electron chi connectivity index (χ3n) is 8.35. The van der Waals surface area contributed by atoms with E-state index < -0.39 is 6.04 Å². The van der Waals surface area contributed by atoms with Crippen LogP contribution in [0.3, 0.4) is 0 Å². The van der Waals surface area contributed by atoms with Crippen LogP contribution in [0.25, 0.3) is 10.9 Å². The molecule has 0 aliphatic heterocycles. The predicted molar refractivity (Wildman–Crippen MR) is 163 cm³/mol. The second-order valence-electron chi connectivity index (χ2n) is 11.2. The summed E-state index contributed by atoms with van der Waals surface area (Å²) in [5.41, 5.74) is 7.68. The number of nitrogens with zero attached hydrogens (tertiary/aromatic N) is 1. The second kappa shape index (κ2) is 12.3. The quantitative estimate of drug-likeness (QED) is 0.199. The van der Waals surface area contributed by atoms with Crippen molar-refractivity contribution in [2.45, 2.75) is 50.2 Å². The number of ether oxygens (including phenoxy) is 4. The van der Waals surface area contributed by atoms with Crippen LogP contribution in [0.5, 0.6) is 23.0 Å². The van der Waals surface area contributed by atoms with Gasteiger partial charge in [0.15, 0.2) is 11.5 Å². The maximum absolute atomic E-state index is 12.7. The molecule has 2 fully saturated rings. The van der Waals surface area contributed by atoms with E-state index in [2.05, 4.69) is 10.3 Å². The summed E-state index contributed by atoms with van der Waals surface area (Å²) in [5.74, 6) is 2.28. The number of carbonyl (C=O) groups excluding carboxylic acids is 2. The molecule has 4 aromatic rings. The molecule has 9 heteroatoms. The zero-order valence-electron chi connectivity index (χ0n) is 24.1. The molecule has 43 heavy (non-hydrogen) atoms. The van der Waals surface area contributed by atoms with Gasteiger partial charge in [0, 0.05) is 29.3 Å². The number of hydrogen-bond donors (Lipinski definition) is 2. The third-order valence-corrected chi connectivity index (χ3v) is 8.35. The number of methoxy groups -OCH3 is 1. The summed E-state index contributed by atoms with van der Waals surface area (Å²) in [6, 6.07) is 20.8. The summed E-state index contributed by atoms with van der Waals surface area (Å²) in [5, 5.41) is 3.62. The summed E-state index contributed by atoms with van der Waals surface area (Å²) in [6.07, 6.45) is 7.08. The molecule has 2 saturated carbocycles. The van der Waals surface area contributed by atoms with Crippen LogP contribution in [0.1, 0.15) is 48.9 Å². The van der Waals surface area contributed by atoms with Gasteiger partial charge in [-0.2, -0.15) is 0 Å². The van der Waals surface area contributed by atoms with Crippen LogP contribution < -0.4 is 25.3 Å². The van der Waals surface area contributed by atoms with Crippen molar-refractivity contribution in [1.29, 1.82) is 0 Å². The van der Waals surface area contributed by atoms with E-state index in [1.165, 1.54) is 0 Å². The molecule has 9 nitrogen and oxygen atoms in total. The lowest BCUT2D eigenvalue weighted by molar-refractivity contribution is -0.160. The van der Waals surface area contributed by atoms with E-state index in [9.17, 15) is 9.59 Å². The Bertz CT molecular complexity index is 1600. The monoisotopic (exact) mass is 581 g/mol. The first-order valence-corrected chi connectivity index (χ1v) is 14.6. The standard InChI is InChI=1S/C34H35N3O6/c1-40-31-29(41-20-16-27(35)33(39)43-34-17-13-22(21-34)14-18-34)12-11-26-28(15-19-36-30(26)31)42-25-9-7-24(8-10-25)37-32(38)23-5-3-2-4-6-23/h2-12,15,19,22,27H,13-14,16-18,20-21,35H2,1H3,(H,37,38)/t22?,27-,34?/m0/s1. The van der Waals surface area contributed by atoms with E-state index in [1.807, 2.05) is 24.3 Å². The van der Waals surface area contributed by atoms with Crippen LogP contribution in [0.2, 0.25) is 0 Å². The van der Waals surface area contributed by atoms with Crippen molar-refractivity contribution in [2.75, 3.05) is 19.0 Å². The number of rotatable bonds is 11. The fourth-order valence-corrected chi connectivity index (χ4v) is 6.06. The smallest absolute Gasteiger partial charge is 0.323 e. The number of hydrogen-bond acceptors (Lipinski definition) is 8. The molecule has 0 spiro atoms. The fraction of sp³-hybridized carbons (Fsp3) is 0.324. The average molecular weight is 582 g/mol. The molecule has 0 unspecified atom stereocenters. The highest BCUT2D eigenvalue weighted by molar-refractivity contribution is 6.04. The molecule has 2 bridgehead atoms. The molecular formula is C34H35N3O6. The lowest BCUT2D eigenvalue weighted by Crippen LogP contribution is -2.40. The molecule has 1 heterocycles. The lowest BCUT2D eigenvalue weighted by Gasteiger charge is -2.28. The van der Waals surface area contributed by atoms with Crippen LogP contribution in [0, 0.1) is 5.92 Å². The minimum atomic E-state index is -0.753. The van der Waals surface area contributed by atoms with Crippen molar-refractivity contribution in [1.82, 2.24) is 4.98 Å². The van der Waals surface area contributed by atoms with Crippen molar-refractivity contribution in [3.8, 4) is 23.0 Å². The first-order valence-electron chi connectivity index (χ1n) is 14.6. The summed E-state index contributed by atoms with van der Waals surface area (Å²) in [4.78, 5) is 29.6. The number of pyridine rings is 1. The third kappa shape index (κ3) is 6.27. The number of amides is 1. The van der Waals surface area contributed by atoms with Gasteiger partial charge in [-0.05, 0) is 92.6 Å². The fourth-order valence-electron chi connectivity index (χ4n) is 6.06. The average Bonchev–Trinajstić information content (AvgIpc) is 3.63. The second-order valence-corrected chi connectivity index (χ2v) is 11.2. The number of carbonyl (C=O) groups is 2. The molecule has 3 N–H and O–H groups in total. The Labute approximate surface area is 250 Å². The SMILES string of the molecule is COc1c(OCC[C@H](N)C(=O)OC23CCC(CC2)C3)ccc2c(Oc3ccc(NC(=O)c4ccccc4)cc3)ccnc12. The van der Waals surface area contributed by atoms with E-state index >= 15 is 0 Å². The molecule has 222 valence electrons. The first-order chi connectivity index (χ1) is 20.9.